The molecule has 0 aliphatic rings. The number of carbonyl (C=O) groups is 1. The zero-order valence-corrected chi connectivity index (χ0v) is 23.6. The average Bonchev–Trinajstić information content (AvgIpc) is 3.33. The second-order valence-corrected chi connectivity index (χ2v) is 10.4. The lowest BCUT2D eigenvalue weighted by molar-refractivity contribution is 0.0925. The van der Waals surface area contributed by atoms with Crippen molar-refractivity contribution in [2.45, 2.75) is 17.2 Å². The van der Waals surface area contributed by atoms with E-state index in [1.54, 1.807) is 23.6 Å². The van der Waals surface area contributed by atoms with Gasteiger partial charge in [-0.05, 0) is 36.8 Å². The first-order chi connectivity index (χ1) is 19.9. The number of thioether (sulfide) groups is 1. The van der Waals surface area contributed by atoms with Crippen molar-refractivity contribution in [1.82, 2.24) is 9.55 Å². The molecule has 1 unspecified atom stereocenters. The van der Waals surface area contributed by atoms with Crippen molar-refractivity contribution in [3.63, 3.8) is 0 Å². The second kappa shape index (κ2) is 11.1. The number of fused-ring (bicyclic) bond motifs is 3. The number of carbonyl (C=O) groups excluding carboxylic acids is 1. The van der Waals surface area contributed by atoms with Crippen LogP contribution in [0.3, 0.4) is 0 Å². The number of rotatable bonds is 7. The van der Waals surface area contributed by atoms with Gasteiger partial charge >= 0.3 is 0 Å². The van der Waals surface area contributed by atoms with Crippen molar-refractivity contribution in [1.29, 1.82) is 10.5 Å². The number of anilines is 1. The molecule has 0 radical (unpaired) electrons. The number of pyridine rings is 1. The molecule has 2 aromatic heterocycles. The maximum absolute atomic E-state index is 13.9. The van der Waals surface area contributed by atoms with Crippen LogP contribution in [0.15, 0.2) is 65.7 Å². The highest BCUT2D eigenvalue weighted by Crippen LogP contribution is 2.45. The van der Waals surface area contributed by atoms with E-state index in [0.29, 0.717) is 22.8 Å². The zero-order valence-electron chi connectivity index (χ0n) is 22.8. The molecule has 9 nitrogen and oxygen atoms in total. The molecule has 0 spiro atoms. The third-order valence-electron chi connectivity index (χ3n) is 6.81. The third-order valence-corrected chi connectivity index (χ3v) is 7.88. The van der Waals surface area contributed by atoms with E-state index in [9.17, 15) is 15.3 Å². The summed E-state index contributed by atoms with van der Waals surface area (Å²) in [4.78, 5) is 18.3. The lowest BCUT2D eigenvalue weighted by Gasteiger charge is -2.18. The van der Waals surface area contributed by atoms with Gasteiger partial charge in [0.15, 0.2) is 11.5 Å². The minimum absolute atomic E-state index is 0.0292. The number of hydrogen-bond acceptors (Lipinski definition) is 9. The van der Waals surface area contributed by atoms with E-state index < -0.39 is 5.25 Å². The number of ether oxygens (including phenoxy) is 3. The molecular weight excluding hydrogens is 538 g/mol. The fourth-order valence-corrected chi connectivity index (χ4v) is 5.91. The first kappa shape index (κ1) is 27.4. The van der Waals surface area contributed by atoms with E-state index in [-0.39, 0.29) is 33.4 Å². The number of nitrogen functional groups attached to an aromatic ring is 1. The quantitative estimate of drug-likeness (QED) is 0.235. The van der Waals surface area contributed by atoms with Gasteiger partial charge in [0.25, 0.3) is 0 Å². The number of hydrogen-bond donors (Lipinski definition) is 1. The zero-order chi connectivity index (χ0) is 29.3. The molecule has 41 heavy (non-hydrogen) atoms. The Hall–Kier alpha value is -5.19. The Labute approximate surface area is 240 Å². The van der Waals surface area contributed by atoms with Crippen LogP contribution in [0.4, 0.5) is 5.82 Å². The van der Waals surface area contributed by atoms with E-state index in [2.05, 4.69) is 17.1 Å². The summed E-state index contributed by atoms with van der Waals surface area (Å²) < 4.78 is 18.1. The van der Waals surface area contributed by atoms with Gasteiger partial charge in [-0.1, -0.05) is 48.2 Å². The Balaban J connectivity index is 1.64. The highest BCUT2D eigenvalue weighted by Gasteiger charge is 2.27. The smallest absolute Gasteiger partial charge is 0.244 e. The number of aromatic nitrogens is 2. The largest absolute Gasteiger partial charge is 0.493 e. The minimum Gasteiger partial charge on any atom is -0.493 e. The molecular formula is C31H25N5O4S. The van der Waals surface area contributed by atoms with Gasteiger partial charge in [-0.3, -0.25) is 9.36 Å². The number of nitriles is 2. The summed E-state index contributed by atoms with van der Waals surface area (Å²) in [6, 6.07) is 23.0. The molecule has 1 atom stereocenters. The number of nitrogens with zero attached hydrogens (tertiary/aromatic N) is 4. The topological polar surface area (TPSA) is 136 Å². The molecule has 204 valence electrons. The summed E-state index contributed by atoms with van der Waals surface area (Å²) in [6.45, 7) is 1.76. The van der Waals surface area contributed by atoms with Gasteiger partial charge in [-0.25, -0.2) is 4.98 Å². The van der Waals surface area contributed by atoms with Gasteiger partial charge in [-0.15, -0.1) is 0 Å². The van der Waals surface area contributed by atoms with Gasteiger partial charge in [0, 0.05) is 16.3 Å². The Bertz CT molecular complexity index is 1840. The molecule has 0 amide bonds. The molecule has 2 heterocycles. The van der Waals surface area contributed by atoms with Crippen LogP contribution in [0.2, 0.25) is 0 Å². The van der Waals surface area contributed by atoms with Crippen LogP contribution in [0.1, 0.15) is 22.8 Å². The molecule has 5 aromatic rings. The van der Waals surface area contributed by atoms with Crippen molar-refractivity contribution >= 4 is 45.3 Å². The van der Waals surface area contributed by atoms with Crippen LogP contribution >= 0.6 is 11.8 Å². The lowest BCUT2D eigenvalue weighted by atomic mass is 9.96. The average molecular weight is 564 g/mol. The molecule has 5 rings (SSSR count). The number of para-hydroxylation sites is 2. The normalized spacial score (nSPS) is 11.6. The van der Waals surface area contributed by atoms with Crippen LogP contribution < -0.4 is 19.9 Å². The number of methoxy groups -OCH3 is 3. The summed E-state index contributed by atoms with van der Waals surface area (Å²) in [5.41, 5.74) is 8.68. The highest BCUT2D eigenvalue weighted by molar-refractivity contribution is 8.00. The van der Waals surface area contributed by atoms with Crippen LogP contribution in [0, 0.1) is 22.7 Å². The first-order valence-electron chi connectivity index (χ1n) is 12.5. The predicted octanol–water partition coefficient (Wildman–Crippen LogP) is 6.03. The molecule has 0 aliphatic heterocycles. The van der Waals surface area contributed by atoms with E-state index in [1.807, 2.05) is 48.5 Å². The molecule has 0 bridgehead atoms. The van der Waals surface area contributed by atoms with Gasteiger partial charge in [0.2, 0.25) is 11.7 Å². The number of benzene rings is 3. The molecule has 0 aliphatic carbocycles. The van der Waals surface area contributed by atoms with Crippen LogP contribution in [-0.2, 0) is 0 Å². The van der Waals surface area contributed by atoms with Crippen LogP contribution in [0.5, 0.6) is 17.2 Å². The lowest BCUT2D eigenvalue weighted by Crippen LogP contribution is -2.21. The van der Waals surface area contributed by atoms with E-state index in [1.165, 1.54) is 21.3 Å². The molecule has 2 N–H and O–H groups in total. The third kappa shape index (κ3) is 4.54. The van der Waals surface area contributed by atoms with Crippen LogP contribution in [-0.4, -0.2) is 42.0 Å². The van der Waals surface area contributed by atoms with Crippen molar-refractivity contribution in [3.05, 3.63) is 71.8 Å². The summed E-state index contributed by atoms with van der Waals surface area (Å²) in [5.74, 6) is 0.797. The second-order valence-electron chi connectivity index (χ2n) is 9.03. The SMILES string of the molecule is COc1cc(-c2c(C#N)c(N)nc(SC(C)C(=O)n3c4ccccc4c4ccccc43)c2C#N)cc(OC)c1OC. The van der Waals surface area contributed by atoms with Crippen molar-refractivity contribution < 1.29 is 19.0 Å². The van der Waals surface area contributed by atoms with Crippen molar-refractivity contribution in [2.75, 3.05) is 27.1 Å². The molecule has 0 fully saturated rings. The van der Waals surface area contributed by atoms with Crippen molar-refractivity contribution in [2.24, 2.45) is 0 Å². The molecule has 0 saturated heterocycles. The van der Waals surface area contributed by atoms with E-state index in [4.69, 9.17) is 19.9 Å². The minimum atomic E-state index is -0.658. The monoisotopic (exact) mass is 563 g/mol. The highest BCUT2D eigenvalue weighted by atomic mass is 32.2. The Morgan fingerprint density at radius 1 is 0.902 bits per heavy atom. The fraction of sp³-hybridized carbons (Fsp3) is 0.161. The summed E-state index contributed by atoms with van der Waals surface area (Å²) in [6.07, 6.45) is 0. The number of nitrogens with two attached hydrogens (primary N) is 1. The molecule has 10 heteroatoms. The Morgan fingerprint density at radius 2 is 1.44 bits per heavy atom. The van der Waals surface area contributed by atoms with Gasteiger partial charge in [-0.2, -0.15) is 10.5 Å². The summed E-state index contributed by atoms with van der Waals surface area (Å²) >= 11 is 1.11. The van der Waals surface area contributed by atoms with E-state index >= 15 is 0 Å². The fourth-order valence-electron chi connectivity index (χ4n) is 4.96. The van der Waals surface area contributed by atoms with Gasteiger partial charge in [0.05, 0.1) is 43.2 Å². The molecule has 0 saturated carbocycles. The maximum atomic E-state index is 13.9. The summed E-state index contributed by atoms with van der Waals surface area (Å²) in [7, 11) is 4.43. The van der Waals surface area contributed by atoms with E-state index in [0.717, 1.165) is 33.6 Å². The Kier molecular flexibility index (Phi) is 7.43. The summed E-state index contributed by atoms with van der Waals surface area (Å²) in [5, 5.41) is 21.8. The first-order valence-corrected chi connectivity index (χ1v) is 13.4. The Morgan fingerprint density at radius 3 is 1.93 bits per heavy atom. The maximum Gasteiger partial charge on any atom is 0.244 e. The van der Waals surface area contributed by atoms with Gasteiger partial charge < -0.3 is 19.9 Å². The van der Waals surface area contributed by atoms with Crippen molar-refractivity contribution in [3.8, 4) is 40.5 Å². The predicted molar refractivity (Wildman–Crippen MR) is 159 cm³/mol. The standard InChI is InChI=1S/C31H25N5O4S/c1-17(31(37)36-23-11-7-5-9-19(23)20-10-6-8-12-24(20)36)41-30-22(16-33)27(21(15-32)29(34)35-30)18-13-25(38-2)28(40-4)26(14-18)39-3/h5-14,17H,1-4H3,(H2,34,35). The van der Waals surface area contributed by atoms with Gasteiger partial charge in [0.1, 0.15) is 28.5 Å². The molecule has 3 aromatic carbocycles. The van der Waals surface area contributed by atoms with Crippen LogP contribution in [0.25, 0.3) is 32.9 Å².